The summed E-state index contributed by atoms with van der Waals surface area (Å²) in [6.45, 7) is 3.59. The lowest BCUT2D eigenvalue weighted by atomic mass is 9.77. The third-order valence-corrected chi connectivity index (χ3v) is 5.95. The summed E-state index contributed by atoms with van der Waals surface area (Å²) in [4.78, 5) is 28.9. The zero-order chi connectivity index (χ0) is 18.0. The van der Waals surface area contributed by atoms with E-state index in [0.717, 1.165) is 32.1 Å². The number of hydrogen-bond acceptors (Lipinski definition) is 3. The first-order valence-electron chi connectivity index (χ1n) is 9.28. The van der Waals surface area contributed by atoms with Crippen molar-refractivity contribution in [1.82, 2.24) is 4.90 Å². The first-order chi connectivity index (χ1) is 12.0. The molecule has 1 aromatic rings. The van der Waals surface area contributed by atoms with Gasteiger partial charge in [0.05, 0.1) is 11.3 Å². The van der Waals surface area contributed by atoms with Crippen LogP contribution in [0.1, 0.15) is 49.4 Å². The van der Waals surface area contributed by atoms with Crippen molar-refractivity contribution in [2.75, 3.05) is 31.6 Å². The van der Waals surface area contributed by atoms with Crippen molar-refractivity contribution in [3.63, 3.8) is 0 Å². The summed E-state index contributed by atoms with van der Waals surface area (Å²) < 4.78 is 0. The Balaban J connectivity index is 1.76. The van der Waals surface area contributed by atoms with Crippen molar-refractivity contribution >= 4 is 17.5 Å². The molecular weight excluding hydrogens is 316 g/mol. The van der Waals surface area contributed by atoms with E-state index in [0.29, 0.717) is 24.3 Å². The molecule has 25 heavy (non-hydrogen) atoms. The molecular formula is C20H28N2O3. The molecule has 2 fully saturated rings. The maximum Gasteiger partial charge on any atom is 0.255 e. The van der Waals surface area contributed by atoms with Gasteiger partial charge in [-0.25, -0.2) is 0 Å². The molecule has 1 aliphatic heterocycles. The molecule has 0 radical (unpaired) electrons. The van der Waals surface area contributed by atoms with Crippen LogP contribution in [0.25, 0.3) is 0 Å². The van der Waals surface area contributed by atoms with Gasteiger partial charge in [0, 0.05) is 32.7 Å². The van der Waals surface area contributed by atoms with Gasteiger partial charge in [-0.05, 0) is 49.7 Å². The molecule has 3 rings (SSSR count). The Hall–Kier alpha value is -1.88. The number of carbonyl (C=O) groups excluding carboxylic acids is 2. The van der Waals surface area contributed by atoms with Crippen LogP contribution in [0.3, 0.4) is 0 Å². The van der Waals surface area contributed by atoms with Crippen LogP contribution in [0.15, 0.2) is 24.3 Å². The third kappa shape index (κ3) is 3.56. The lowest BCUT2D eigenvalue weighted by Gasteiger charge is -2.40. The second-order valence-corrected chi connectivity index (χ2v) is 7.49. The van der Waals surface area contributed by atoms with Gasteiger partial charge in [0.15, 0.2) is 0 Å². The fraction of sp³-hybridized carbons (Fsp3) is 0.600. The Bertz CT molecular complexity index is 640. The van der Waals surface area contributed by atoms with Crippen LogP contribution in [0, 0.1) is 11.3 Å². The molecule has 1 heterocycles. The molecule has 1 saturated heterocycles. The maximum atomic E-state index is 13.0. The second kappa shape index (κ2) is 7.16. The number of carbonyl (C=O) groups is 2. The molecule has 2 aliphatic rings. The summed E-state index contributed by atoms with van der Waals surface area (Å²) in [5.74, 6) is 0.204. The van der Waals surface area contributed by atoms with Gasteiger partial charge in [0.1, 0.15) is 0 Å². The average Bonchev–Trinajstić information content (AvgIpc) is 3.51. The van der Waals surface area contributed by atoms with Gasteiger partial charge in [-0.15, -0.1) is 0 Å². The lowest BCUT2D eigenvalue weighted by molar-refractivity contribution is -0.119. The van der Waals surface area contributed by atoms with Gasteiger partial charge in [-0.2, -0.15) is 0 Å². The van der Waals surface area contributed by atoms with E-state index in [-0.39, 0.29) is 29.8 Å². The van der Waals surface area contributed by atoms with E-state index < -0.39 is 0 Å². The van der Waals surface area contributed by atoms with E-state index in [1.807, 2.05) is 29.2 Å². The van der Waals surface area contributed by atoms with Crippen LogP contribution in [-0.4, -0.2) is 48.6 Å². The van der Waals surface area contributed by atoms with Crippen molar-refractivity contribution in [1.29, 1.82) is 0 Å². The van der Waals surface area contributed by atoms with Crippen LogP contribution in [0.5, 0.6) is 0 Å². The summed E-state index contributed by atoms with van der Waals surface area (Å²) in [5, 5.41) is 9.67. The number of para-hydroxylation sites is 1. The smallest absolute Gasteiger partial charge is 0.255 e. The summed E-state index contributed by atoms with van der Waals surface area (Å²) in [6, 6.07) is 7.37. The van der Waals surface area contributed by atoms with E-state index in [4.69, 9.17) is 0 Å². The third-order valence-electron chi connectivity index (χ3n) is 5.95. The van der Waals surface area contributed by atoms with Gasteiger partial charge >= 0.3 is 0 Å². The van der Waals surface area contributed by atoms with Crippen molar-refractivity contribution in [3.8, 4) is 0 Å². The number of benzene rings is 1. The predicted octanol–water partition coefficient (Wildman–Crippen LogP) is 2.68. The lowest BCUT2D eigenvalue weighted by Crippen LogP contribution is -2.44. The second-order valence-electron chi connectivity index (χ2n) is 7.49. The Kier molecular flexibility index (Phi) is 5.13. The number of likely N-dealkylation sites (tertiary alicyclic amines) is 1. The highest BCUT2D eigenvalue weighted by molar-refractivity contribution is 6.05. The highest BCUT2D eigenvalue weighted by Crippen LogP contribution is 2.36. The highest BCUT2D eigenvalue weighted by atomic mass is 16.3. The maximum absolute atomic E-state index is 13.0. The number of amides is 2. The molecule has 0 aromatic heterocycles. The number of hydrogen-bond donors (Lipinski definition) is 1. The Labute approximate surface area is 149 Å². The Morgan fingerprint density at radius 1 is 1.24 bits per heavy atom. The molecule has 5 nitrogen and oxygen atoms in total. The van der Waals surface area contributed by atoms with Gasteiger partial charge in [-0.3, -0.25) is 9.59 Å². The van der Waals surface area contributed by atoms with Gasteiger partial charge in [-0.1, -0.05) is 19.1 Å². The Morgan fingerprint density at radius 3 is 2.44 bits per heavy atom. The molecule has 0 spiro atoms. The zero-order valence-corrected chi connectivity index (χ0v) is 15.2. The largest absolute Gasteiger partial charge is 0.396 e. The summed E-state index contributed by atoms with van der Waals surface area (Å²) in [5.41, 5.74) is 1.24. The first kappa shape index (κ1) is 17.9. The number of rotatable bonds is 5. The van der Waals surface area contributed by atoms with Gasteiger partial charge in [0.2, 0.25) is 5.91 Å². The van der Waals surface area contributed by atoms with Crippen LogP contribution in [0.2, 0.25) is 0 Å². The monoisotopic (exact) mass is 344 g/mol. The van der Waals surface area contributed by atoms with Crippen LogP contribution >= 0.6 is 0 Å². The topological polar surface area (TPSA) is 60.9 Å². The van der Waals surface area contributed by atoms with Crippen molar-refractivity contribution in [3.05, 3.63) is 29.8 Å². The number of piperidine rings is 1. The van der Waals surface area contributed by atoms with Crippen molar-refractivity contribution in [2.24, 2.45) is 11.3 Å². The molecule has 0 unspecified atom stereocenters. The SMILES string of the molecule is CCC1(CO)CCN(C(=O)c2ccccc2N(C)C(=O)C2CC2)CC1. The number of nitrogens with zero attached hydrogens (tertiary/aromatic N) is 2. The van der Waals surface area contributed by atoms with Gasteiger partial charge < -0.3 is 14.9 Å². The Morgan fingerprint density at radius 2 is 1.88 bits per heavy atom. The molecule has 1 aromatic carbocycles. The number of aliphatic hydroxyl groups excluding tert-OH is 1. The quantitative estimate of drug-likeness (QED) is 0.893. The van der Waals surface area contributed by atoms with Crippen LogP contribution < -0.4 is 4.90 Å². The van der Waals surface area contributed by atoms with Crippen LogP contribution in [-0.2, 0) is 4.79 Å². The van der Waals surface area contributed by atoms with Crippen molar-refractivity contribution in [2.45, 2.75) is 39.0 Å². The number of aliphatic hydroxyl groups is 1. The van der Waals surface area contributed by atoms with E-state index in [9.17, 15) is 14.7 Å². The first-order valence-corrected chi connectivity index (χ1v) is 9.28. The molecule has 1 saturated carbocycles. The average molecular weight is 344 g/mol. The fourth-order valence-electron chi connectivity index (χ4n) is 3.65. The van der Waals surface area contributed by atoms with Gasteiger partial charge in [0.25, 0.3) is 5.91 Å². The summed E-state index contributed by atoms with van der Waals surface area (Å²) in [7, 11) is 1.76. The normalized spacial score (nSPS) is 19.6. The highest BCUT2D eigenvalue weighted by Gasteiger charge is 2.36. The minimum atomic E-state index is -0.0466. The van der Waals surface area contributed by atoms with Crippen LogP contribution in [0.4, 0.5) is 5.69 Å². The molecule has 2 amide bonds. The molecule has 1 N–H and O–H groups in total. The fourth-order valence-corrected chi connectivity index (χ4v) is 3.65. The molecule has 5 heteroatoms. The predicted molar refractivity (Wildman–Crippen MR) is 97.5 cm³/mol. The standard InChI is InChI=1S/C20H28N2O3/c1-3-20(14-23)10-12-22(13-11-20)19(25)16-6-4-5-7-17(16)21(2)18(24)15-8-9-15/h4-7,15,23H,3,8-14H2,1-2H3. The summed E-state index contributed by atoms with van der Waals surface area (Å²) in [6.07, 6.45) is 4.48. The zero-order valence-electron chi connectivity index (χ0n) is 15.2. The molecule has 136 valence electrons. The summed E-state index contributed by atoms with van der Waals surface area (Å²) >= 11 is 0. The number of anilines is 1. The minimum absolute atomic E-state index is 0.0197. The minimum Gasteiger partial charge on any atom is -0.396 e. The molecule has 0 bridgehead atoms. The van der Waals surface area contributed by atoms with E-state index in [2.05, 4.69) is 6.92 Å². The molecule has 1 aliphatic carbocycles. The van der Waals surface area contributed by atoms with E-state index >= 15 is 0 Å². The van der Waals surface area contributed by atoms with E-state index in [1.54, 1.807) is 11.9 Å². The molecule has 0 atom stereocenters. The van der Waals surface area contributed by atoms with E-state index in [1.165, 1.54) is 0 Å². The van der Waals surface area contributed by atoms with Crippen molar-refractivity contribution < 1.29 is 14.7 Å².